The van der Waals surface area contributed by atoms with Gasteiger partial charge in [-0.3, -0.25) is 0 Å². The standard InChI is InChI=1S/2CH4N2O2.Ca.H2O/c2*2-3-1(4)5;;/h2*3H,2H2,(H,4,5);;1H2/q;;+2;/p-2. The summed E-state index contributed by atoms with van der Waals surface area (Å²) in [7, 11) is 0. The fraction of sp³-hybridized carbons (Fsp3) is 0. The summed E-state index contributed by atoms with van der Waals surface area (Å²) in [6, 6.07) is 0. The van der Waals surface area contributed by atoms with E-state index in [0.29, 0.717) is 0 Å². The predicted molar refractivity (Wildman–Crippen MR) is 34.8 cm³/mol. The molecule has 12 heavy (non-hydrogen) atoms. The van der Waals surface area contributed by atoms with E-state index in [1.165, 1.54) is 10.9 Å². The molecule has 0 fully saturated rings. The molecule has 9 nitrogen and oxygen atoms in total. The van der Waals surface area contributed by atoms with E-state index in [4.69, 9.17) is 19.8 Å². The molecule has 0 aliphatic carbocycles. The van der Waals surface area contributed by atoms with E-state index >= 15 is 0 Å². The molecule has 68 valence electrons. The van der Waals surface area contributed by atoms with Crippen LogP contribution in [0.1, 0.15) is 0 Å². The minimum atomic E-state index is -1.47. The largest absolute Gasteiger partial charge is 2.00 e. The molecule has 8 N–H and O–H groups in total. The van der Waals surface area contributed by atoms with Crippen LogP contribution in [0.25, 0.3) is 0 Å². The van der Waals surface area contributed by atoms with Crippen LogP contribution >= 0.6 is 0 Å². The summed E-state index contributed by atoms with van der Waals surface area (Å²) in [5.74, 6) is 8.52. The molecule has 0 saturated heterocycles. The van der Waals surface area contributed by atoms with Crippen LogP contribution in [0, 0.1) is 0 Å². The molecule has 0 aliphatic rings. The quantitative estimate of drug-likeness (QED) is 0.133. The summed E-state index contributed by atoms with van der Waals surface area (Å²) in [4.78, 5) is 18.0. The molecule has 0 radical (unpaired) electrons. The number of hydrogen-bond donors (Lipinski definition) is 4. The van der Waals surface area contributed by atoms with Crippen LogP contribution in [-0.4, -0.2) is 55.4 Å². The molecule has 0 rings (SSSR count). The van der Waals surface area contributed by atoms with Gasteiger partial charge in [-0.2, -0.15) is 0 Å². The molecule has 2 amide bonds. The third kappa shape index (κ3) is 53.9. The van der Waals surface area contributed by atoms with Crippen molar-refractivity contribution in [2.75, 3.05) is 0 Å². The first kappa shape index (κ1) is 22.6. The van der Waals surface area contributed by atoms with Crippen molar-refractivity contribution in [2.45, 2.75) is 0 Å². The van der Waals surface area contributed by atoms with Crippen molar-refractivity contribution >= 4 is 49.9 Å². The van der Waals surface area contributed by atoms with Gasteiger partial charge in [0.2, 0.25) is 0 Å². The van der Waals surface area contributed by atoms with Crippen LogP contribution in [0.2, 0.25) is 0 Å². The van der Waals surface area contributed by atoms with Crippen LogP contribution < -0.4 is 32.7 Å². The van der Waals surface area contributed by atoms with Gasteiger partial charge in [0.25, 0.3) is 0 Å². The maximum atomic E-state index is 9.02. The maximum Gasteiger partial charge on any atom is 2.00 e. The summed E-state index contributed by atoms with van der Waals surface area (Å²) in [5.41, 5.74) is 2.67. The van der Waals surface area contributed by atoms with Crippen molar-refractivity contribution in [2.24, 2.45) is 11.7 Å². The summed E-state index contributed by atoms with van der Waals surface area (Å²) in [6.45, 7) is 0. The third-order valence-electron chi connectivity index (χ3n) is 0.236. The second-order valence-electron chi connectivity index (χ2n) is 0.864. The van der Waals surface area contributed by atoms with Crippen LogP contribution in [0.5, 0.6) is 0 Å². The summed E-state index contributed by atoms with van der Waals surface area (Å²) in [6.07, 6.45) is -2.94. The summed E-state index contributed by atoms with van der Waals surface area (Å²) in [5, 5.41) is 18.0. The number of hydrazine groups is 2. The number of nitrogens with one attached hydrogen (secondary N) is 2. The van der Waals surface area contributed by atoms with E-state index in [1.807, 2.05) is 0 Å². The number of carboxylic acid groups (broad SMARTS) is 2. The second-order valence-corrected chi connectivity index (χ2v) is 0.864. The van der Waals surface area contributed by atoms with Gasteiger partial charge in [0.1, 0.15) is 12.2 Å². The van der Waals surface area contributed by atoms with E-state index in [-0.39, 0.29) is 43.2 Å². The molecule has 0 aromatic carbocycles. The normalized spacial score (nSPS) is 5.50. The molecular formula is C2H8CaN4O5. The van der Waals surface area contributed by atoms with Gasteiger partial charge in [0.05, 0.1) is 0 Å². The van der Waals surface area contributed by atoms with Crippen molar-refractivity contribution < 1.29 is 25.3 Å². The number of rotatable bonds is 0. The average molecular weight is 208 g/mol. The zero-order chi connectivity index (χ0) is 8.57. The van der Waals surface area contributed by atoms with Gasteiger partial charge in [-0.25, -0.2) is 11.7 Å². The van der Waals surface area contributed by atoms with Gasteiger partial charge in [-0.1, -0.05) is 0 Å². The Bertz CT molecular complexity index is 106. The Labute approximate surface area is 97.3 Å². The zero-order valence-corrected chi connectivity index (χ0v) is 8.20. The van der Waals surface area contributed by atoms with Gasteiger partial charge in [-0.15, -0.1) is 0 Å². The van der Waals surface area contributed by atoms with Crippen LogP contribution in [0.4, 0.5) is 9.59 Å². The molecular weight excluding hydrogens is 200 g/mol. The van der Waals surface area contributed by atoms with E-state index in [9.17, 15) is 0 Å². The van der Waals surface area contributed by atoms with Crippen LogP contribution in [-0.2, 0) is 0 Å². The first-order valence-electron chi connectivity index (χ1n) is 1.89. The van der Waals surface area contributed by atoms with Crippen molar-refractivity contribution in [3.8, 4) is 0 Å². The third-order valence-corrected chi connectivity index (χ3v) is 0.236. The fourth-order valence-corrected chi connectivity index (χ4v) is 0. The van der Waals surface area contributed by atoms with Gasteiger partial charge >= 0.3 is 37.7 Å². The van der Waals surface area contributed by atoms with Crippen LogP contribution in [0.3, 0.4) is 0 Å². The van der Waals surface area contributed by atoms with Crippen molar-refractivity contribution in [1.29, 1.82) is 0 Å². The zero-order valence-electron chi connectivity index (χ0n) is 5.99. The van der Waals surface area contributed by atoms with Crippen LogP contribution in [0.15, 0.2) is 0 Å². The molecule has 0 saturated carbocycles. The maximum absolute atomic E-state index is 9.02. The molecule has 0 atom stereocenters. The summed E-state index contributed by atoms with van der Waals surface area (Å²) < 4.78 is 0. The van der Waals surface area contributed by atoms with Gasteiger partial charge in [0, 0.05) is 0 Å². The van der Waals surface area contributed by atoms with E-state index in [2.05, 4.69) is 11.7 Å². The first-order valence-corrected chi connectivity index (χ1v) is 1.89. The Kier molecular flexibility index (Phi) is 31.9. The molecule has 0 aromatic heterocycles. The minimum Gasteiger partial charge on any atom is -0.529 e. The SMILES string of the molecule is NNC(=O)[O-].NNC(=O)[O-].O.[Ca+2]. The van der Waals surface area contributed by atoms with E-state index < -0.39 is 12.2 Å². The number of carbonyl (C=O) groups is 2. The molecule has 0 heterocycles. The topological polar surface area (TPSA) is 188 Å². The van der Waals surface area contributed by atoms with E-state index in [1.54, 1.807) is 0 Å². The van der Waals surface area contributed by atoms with Gasteiger partial charge in [-0.05, 0) is 0 Å². The molecule has 0 bridgehead atoms. The Balaban J connectivity index is -0.0000000457. The van der Waals surface area contributed by atoms with Crippen molar-refractivity contribution in [1.82, 2.24) is 10.9 Å². The van der Waals surface area contributed by atoms with E-state index in [0.717, 1.165) is 0 Å². The average Bonchev–Trinajstić information content (AvgIpc) is 1.89. The first-order chi connectivity index (χ1) is 4.54. The number of carbonyl (C=O) groups excluding carboxylic acids is 2. The van der Waals surface area contributed by atoms with Gasteiger partial charge in [0.15, 0.2) is 0 Å². The molecule has 0 unspecified atom stereocenters. The molecule has 0 aliphatic heterocycles. The molecule has 0 spiro atoms. The molecule has 0 aromatic rings. The number of hydrogen-bond acceptors (Lipinski definition) is 6. The predicted octanol–water partition coefficient (Wildman–Crippen LogP) is -5.62. The Morgan fingerprint density at radius 2 is 1.08 bits per heavy atom. The van der Waals surface area contributed by atoms with Crippen molar-refractivity contribution in [3.63, 3.8) is 0 Å². The Hall–Kier alpha value is -0.320. The minimum absolute atomic E-state index is 0. The fourth-order valence-electron chi connectivity index (χ4n) is 0. The summed E-state index contributed by atoms with van der Waals surface area (Å²) >= 11 is 0. The Morgan fingerprint density at radius 3 is 1.08 bits per heavy atom. The molecule has 10 heteroatoms. The smallest absolute Gasteiger partial charge is 0.529 e. The second kappa shape index (κ2) is 17.0. The number of nitrogens with two attached hydrogens (primary N) is 2. The van der Waals surface area contributed by atoms with Crippen molar-refractivity contribution in [3.05, 3.63) is 0 Å². The number of amides is 2. The Morgan fingerprint density at radius 1 is 1.00 bits per heavy atom. The monoisotopic (exact) mass is 208 g/mol. The van der Waals surface area contributed by atoms with Gasteiger partial charge < -0.3 is 36.1 Å².